The molecule has 0 aliphatic heterocycles. The SMILES string of the molecule is COc1cccc(OC)c1C(C)(N)c1cccc(F)c1. The summed E-state index contributed by atoms with van der Waals surface area (Å²) in [5, 5.41) is 0. The number of halogens is 1. The zero-order valence-corrected chi connectivity index (χ0v) is 11.8. The third kappa shape index (κ3) is 2.47. The van der Waals surface area contributed by atoms with E-state index in [1.54, 1.807) is 26.4 Å². The molecule has 3 nitrogen and oxygen atoms in total. The molecule has 0 aromatic heterocycles. The van der Waals surface area contributed by atoms with E-state index in [2.05, 4.69) is 0 Å². The summed E-state index contributed by atoms with van der Waals surface area (Å²) >= 11 is 0. The quantitative estimate of drug-likeness (QED) is 0.932. The highest BCUT2D eigenvalue weighted by Crippen LogP contribution is 2.39. The van der Waals surface area contributed by atoms with E-state index >= 15 is 0 Å². The molecule has 2 rings (SSSR count). The highest BCUT2D eigenvalue weighted by molar-refractivity contribution is 5.53. The maximum atomic E-state index is 13.5. The summed E-state index contributed by atoms with van der Waals surface area (Å²) in [4.78, 5) is 0. The van der Waals surface area contributed by atoms with Gasteiger partial charge in [-0.3, -0.25) is 0 Å². The molecule has 0 amide bonds. The van der Waals surface area contributed by atoms with E-state index in [0.717, 1.165) is 0 Å². The van der Waals surface area contributed by atoms with E-state index in [4.69, 9.17) is 15.2 Å². The van der Waals surface area contributed by atoms with Crippen molar-refractivity contribution in [3.05, 3.63) is 59.4 Å². The van der Waals surface area contributed by atoms with Gasteiger partial charge in [0.15, 0.2) is 0 Å². The van der Waals surface area contributed by atoms with Gasteiger partial charge in [-0.25, -0.2) is 4.39 Å². The molecule has 4 heteroatoms. The molecule has 106 valence electrons. The van der Waals surface area contributed by atoms with Gasteiger partial charge < -0.3 is 15.2 Å². The van der Waals surface area contributed by atoms with Crippen molar-refractivity contribution in [2.45, 2.75) is 12.5 Å². The highest BCUT2D eigenvalue weighted by atomic mass is 19.1. The van der Waals surface area contributed by atoms with Gasteiger partial charge in [-0.15, -0.1) is 0 Å². The number of rotatable bonds is 4. The number of hydrogen-bond acceptors (Lipinski definition) is 3. The van der Waals surface area contributed by atoms with Crippen LogP contribution in [0.2, 0.25) is 0 Å². The lowest BCUT2D eigenvalue weighted by atomic mass is 9.84. The number of methoxy groups -OCH3 is 2. The minimum atomic E-state index is -0.931. The fraction of sp³-hybridized carbons (Fsp3) is 0.250. The van der Waals surface area contributed by atoms with E-state index in [-0.39, 0.29) is 5.82 Å². The van der Waals surface area contributed by atoms with Crippen LogP contribution in [-0.4, -0.2) is 14.2 Å². The van der Waals surface area contributed by atoms with Crippen LogP contribution in [0.4, 0.5) is 4.39 Å². The van der Waals surface area contributed by atoms with Gasteiger partial charge in [0.2, 0.25) is 0 Å². The molecule has 0 radical (unpaired) electrons. The Kier molecular flexibility index (Phi) is 3.95. The molecule has 1 atom stereocenters. The largest absolute Gasteiger partial charge is 0.496 e. The molecular weight excluding hydrogens is 257 g/mol. The van der Waals surface area contributed by atoms with Gasteiger partial charge >= 0.3 is 0 Å². The molecule has 0 aliphatic carbocycles. The third-order valence-electron chi connectivity index (χ3n) is 3.37. The Balaban J connectivity index is 2.64. The molecule has 2 aromatic rings. The van der Waals surface area contributed by atoms with E-state index in [9.17, 15) is 4.39 Å². The Bertz CT molecular complexity index is 589. The summed E-state index contributed by atoms with van der Waals surface area (Å²) in [6, 6.07) is 11.7. The normalized spacial score (nSPS) is 13.7. The Morgan fingerprint density at radius 1 is 1.00 bits per heavy atom. The average molecular weight is 275 g/mol. The van der Waals surface area contributed by atoms with Gasteiger partial charge in [-0.1, -0.05) is 18.2 Å². The summed E-state index contributed by atoms with van der Waals surface area (Å²) in [5.74, 6) is 0.894. The molecule has 0 heterocycles. The minimum absolute atomic E-state index is 0.326. The summed E-state index contributed by atoms with van der Waals surface area (Å²) in [7, 11) is 3.14. The summed E-state index contributed by atoms with van der Waals surface area (Å²) < 4.78 is 24.2. The molecule has 1 unspecified atom stereocenters. The number of hydrogen-bond donors (Lipinski definition) is 1. The van der Waals surface area contributed by atoms with Crippen molar-refractivity contribution < 1.29 is 13.9 Å². The van der Waals surface area contributed by atoms with Crippen molar-refractivity contribution in [1.82, 2.24) is 0 Å². The molecule has 0 spiro atoms. The second-order valence-electron chi connectivity index (χ2n) is 4.75. The van der Waals surface area contributed by atoms with Crippen LogP contribution >= 0.6 is 0 Å². The number of benzene rings is 2. The fourth-order valence-corrected chi connectivity index (χ4v) is 2.32. The van der Waals surface area contributed by atoms with Crippen LogP contribution in [0.3, 0.4) is 0 Å². The Hall–Kier alpha value is -2.07. The number of ether oxygens (including phenoxy) is 2. The van der Waals surface area contributed by atoms with Crippen LogP contribution < -0.4 is 15.2 Å². The van der Waals surface area contributed by atoms with Crippen LogP contribution in [0.5, 0.6) is 11.5 Å². The molecular formula is C16H18FNO2. The van der Waals surface area contributed by atoms with E-state index in [1.807, 2.05) is 25.1 Å². The maximum Gasteiger partial charge on any atom is 0.127 e. The van der Waals surface area contributed by atoms with Crippen molar-refractivity contribution in [2.24, 2.45) is 5.73 Å². The predicted molar refractivity (Wildman–Crippen MR) is 76.6 cm³/mol. The average Bonchev–Trinajstić information content (AvgIpc) is 2.46. The topological polar surface area (TPSA) is 44.5 Å². The van der Waals surface area contributed by atoms with Gasteiger partial charge in [0.05, 0.1) is 25.3 Å². The van der Waals surface area contributed by atoms with Crippen LogP contribution in [-0.2, 0) is 5.54 Å². The van der Waals surface area contributed by atoms with Crippen LogP contribution in [0.25, 0.3) is 0 Å². The fourth-order valence-electron chi connectivity index (χ4n) is 2.32. The van der Waals surface area contributed by atoms with Gasteiger partial charge in [0.25, 0.3) is 0 Å². The first-order valence-corrected chi connectivity index (χ1v) is 6.27. The zero-order chi connectivity index (χ0) is 14.8. The Morgan fingerprint density at radius 3 is 2.05 bits per heavy atom. The summed E-state index contributed by atoms with van der Waals surface area (Å²) in [6.45, 7) is 1.81. The molecule has 0 saturated heterocycles. The van der Waals surface area contributed by atoms with Crippen molar-refractivity contribution in [3.63, 3.8) is 0 Å². The van der Waals surface area contributed by atoms with Crippen molar-refractivity contribution in [2.75, 3.05) is 14.2 Å². The summed E-state index contributed by atoms with van der Waals surface area (Å²) in [6.07, 6.45) is 0. The molecule has 0 fully saturated rings. The molecule has 0 bridgehead atoms. The van der Waals surface area contributed by atoms with Gasteiger partial charge in [0, 0.05) is 0 Å². The second kappa shape index (κ2) is 5.51. The Labute approximate surface area is 118 Å². The summed E-state index contributed by atoms with van der Waals surface area (Å²) in [5.41, 5.74) is 6.87. The second-order valence-corrected chi connectivity index (χ2v) is 4.75. The first kappa shape index (κ1) is 14.3. The highest BCUT2D eigenvalue weighted by Gasteiger charge is 2.31. The standard InChI is InChI=1S/C16H18FNO2/c1-16(18,11-6-4-7-12(17)10-11)15-13(19-2)8-5-9-14(15)20-3/h4-10H,18H2,1-3H3. The molecule has 0 aliphatic rings. The molecule has 2 N–H and O–H groups in total. The van der Waals surface area contributed by atoms with Crippen molar-refractivity contribution >= 4 is 0 Å². The van der Waals surface area contributed by atoms with Crippen LogP contribution in [0.15, 0.2) is 42.5 Å². The van der Waals surface area contributed by atoms with Crippen LogP contribution in [0.1, 0.15) is 18.1 Å². The lowest BCUT2D eigenvalue weighted by molar-refractivity contribution is 0.369. The first-order chi connectivity index (χ1) is 9.50. The Morgan fingerprint density at radius 2 is 1.55 bits per heavy atom. The molecule has 2 aromatic carbocycles. The zero-order valence-electron chi connectivity index (χ0n) is 11.8. The van der Waals surface area contributed by atoms with Crippen LogP contribution in [0, 0.1) is 5.82 Å². The van der Waals surface area contributed by atoms with Gasteiger partial charge in [-0.05, 0) is 36.8 Å². The van der Waals surface area contributed by atoms with E-state index in [0.29, 0.717) is 22.6 Å². The maximum absolute atomic E-state index is 13.5. The lowest BCUT2D eigenvalue weighted by Gasteiger charge is -2.29. The van der Waals surface area contributed by atoms with Crippen molar-refractivity contribution in [3.8, 4) is 11.5 Å². The predicted octanol–water partition coefficient (Wildman–Crippen LogP) is 3.07. The van der Waals surface area contributed by atoms with E-state index < -0.39 is 5.54 Å². The molecule has 20 heavy (non-hydrogen) atoms. The van der Waals surface area contributed by atoms with Gasteiger partial charge in [-0.2, -0.15) is 0 Å². The lowest BCUT2D eigenvalue weighted by Crippen LogP contribution is -2.35. The third-order valence-corrected chi connectivity index (χ3v) is 3.37. The minimum Gasteiger partial charge on any atom is -0.496 e. The van der Waals surface area contributed by atoms with E-state index in [1.165, 1.54) is 12.1 Å². The monoisotopic (exact) mass is 275 g/mol. The van der Waals surface area contributed by atoms with Gasteiger partial charge in [0.1, 0.15) is 17.3 Å². The van der Waals surface area contributed by atoms with Crippen molar-refractivity contribution in [1.29, 1.82) is 0 Å². The first-order valence-electron chi connectivity index (χ1n) is 6.27. The molecule has 0 saturated carbocycles. The number of nitrogens with two attached hydrogens (primary N) is 1. The smallest absolute Gasteiger partial charge is 0.127 e.